The molecule has 1 aromatic carbocycles. The fourth-order valence-electron chi connectivity index (χ4n) is 1.73. The predicted octanol–water partition coefficient (Wildman–Crippen LogP) is 1.50. The highest BCUT2D eigenvalue weighted by atomic mass is 16.5. The molecule has 0 fully saturated rings. The third kappa shape index (κ3) is 3.10. The summed E-state index contributed by atoms with van der Waals surface area (Å²) in [6.45, 7) is 0.907. The fourth-order valence-corrected chi connectivity index (χ4v) is 1.73. The van der Waals surface area contributed by atoms with Crippen molar-refractivity contribution in [2.45, 2.75) is 13.1 Å². The summed E-state index contributed by atoms with van der Waals surface area (Å²) >= 11 is 0. The monoisotopic (exact) mass is 276 g/mol. The number of nitrogens with zero attached hydrogens (tertiary/aromatic N) is 1. The zero-order valence-corrected chi connectivity index (χ0v) is 11.0. The Kier molecular flexibility index (Phi) is 4.27. The van der Waals surface area contributed by atoms with Crippen LogP contribution in [-0.4, -0.2) is 27.4 Å². The van der Waals surface area contributed by atoms with Gasteiger partial charge in [0.05, 0.1) is 7.11 Å². The Labute approximate surface area is 116 Å². The molecule has 1 heterocycles. The molecular weight excluding hydrogens is 260 g/mol. The third-order valence-corrected chi connectivity index (χ3v) is 2.86. The Bertz CT molecular complexity index is 584. The minimum atomic E-state index is -0.504. The van der Waals surface area contributed by atoms with Crippen molar-refractivity contribution in [3.63, 3.8) is 0 Å². The van der Waals surface area contributed by atoms with Crippen LogP contribution in [0.2, 0.25) is 0 Å². The molecule has 0 aliphatic carbocycles. The molecule has 0 radical (unpaired) electrons. The van der Waals surface area contributed by atoms with Crippen LogP contribution >= 0.6 is 0 Å². The molecule has 0 aliphatic heterocycles. The number of nitrogens with one attached hydrogen (secondary N) is 1. The number of ether oxygens (including phenoxy) is 1. The highest BCUT2D eigenvalue weighted by Crippen LogP contribution is 2.36. The van der Waals surface area contributed by atoms with Crippen LogP contribution in [0.5, 0.6) is 23.1 Å². The van der Waals surface area contributed by atoms with E-state index in [2.05, 4.69) is 10.3 Å². The summed E-state index contributed by atoms with van der Waals surface area (Å²) in [4.78, 5) is 4.08. The van der Waals surface area contributed by atoms with E-state index in [4.69, 9.17) is 4.74 Å². The highest BCUT2D eigenvalue weighted by Gasteiger charge is 2.10. The van der Waals surface area contributed by atoms with Crippen LogP contribution in [0.1, 0.15) is 11.1 Å². The number of rotatable bonds is 5. The molecular formula is C14H16N2O4. The molecule has 0 spiro atoms. The third-order valence-electron chi connectivity index (χ3n) is 2.86. The summed E-state index contributed by atoms with van der Waals surface area (Å²) in [5.41, 5.74) is 1.47. The Morgan fingerprint density at radius 3 is 2.50 bits per heavy atom. The summed E-state index contributed by atoms with van der Waals surface area (Å²) in [5.74, 6) is -0.610. The molecule has 4 N–H and O–H groups in total. The Morgan fingerprint density at radius 2 is 1.85 bits per heavy atom. The number of methoxy groups -OCH3 is 1. The van der Waals surface area contributed by atoms with E-state index >= 15 is 0 Å². The van der Waals surface area contributed by atoms with Gasteiger partial charge in [-0.15, -0.1) is 0 Å². The van der Waals surface area contributed by atoms with Crippen molar-refractivity contribution >= 4 is 0 Å². The van der Waals surface area contributed by atoms with Gasteiger partial charge in [-0.1, -0.05) is 12.1 Å². The molecule has 0 bridgehead atoms. The van der Waals surface area contributed by atoms with Crippen LogP contribution in [0.4, 0.5) is 0 Å². The minimum absolute atomic E-state index is 0.314. The molecule has 1 aromatic heterocycles. The lowest BCUT2D eigenvalue weighted by molar-refractivity contribution is 0.364. The molecule has 0 amide bonds. The number of phenols is 3. The van der Waals surface area contributed by atoms with Crippen LogP contribution in [0.25, 0.3) is 0 Å². The molecule has 0 saturated heterocycles. The Balaban J connectivity index is 1.94. The van der Waals surface area contributed by atoms with Gasteiger partial charge in [0.25, 0.3) is 0 Å². The minimum Gasteiger partial charge on any atom is -0.504 e. The molecule has 106 valence electrons. The molecule has 0 saturated carbocycles. The van der Waals surface area contributed by atoms with E-state index in [9.17, 15) is 15.3 Å². The van der Waals surface area contributed by atoms with E-state index in [1.807, 2.05) is 6.07 Å². The normalized spacial score (nSPS) is 10.4. The molecule has 0 aliphatic rings. The number of phenolic OH excluding ortho intramolecular Hbond substituents is 3. The van der Waals surface area contributed by atoms with Gasteiger partial charge in [0, 0.05) is 30.9 Å². The van der Waals surface area contributed by atoms with Crippen molar-refractivity contribution in [3.05, 3.63) is 41.6 Å². The van der Waals surface area contributed by atoms with Crippen LogP contribution in [-0.2, 0) is 13.1 Å². The molecule has 6 nitrogen and oxygen atoms in total. The number of hydrogen-bond donors (Lipinski definition) is 4. The largest absolute Gasteiger partial charge is 0.504 e. The topological polar surface area (TPSA) is 94.8 Å². The van der Waals surface area contributed by atoms with Gasteiger partial charge in [-0.05, 0) is 11.6 Å². The van der Waals surface area contributed by atoms with Gasteiger partial charge < -0.3 is 25.4 Å². The Morgan fingerprint density at radius 1 is 1.05 bits per heavy atom. The van der Waals surface area contributed by atoms with E-state index in [0.29, 0.717) is 24.5 Å². The number of benzene rings is 1. The van der Waals surface area contributed by atoms with Gasteiger partial charge >= 0.3 is 0 Å². The summed E-state index contributed by atoms with van der Waals surface area (Å²) in [5, 5.41) is 31.4. The van der Waals surface area contributed by atoms with Crippen LogP contribution in [0.15, 0.2) is 30.5 Å². The number of pyridine rings is 1. The van der Waals surface area contributed by atoms with Gasteiger partial charge in [-0.25, -0.2) is 4.98 Å². The summed E-state index contributed by atoms with van der Waals surface area (Å²) in [6, 6.07) is 6.53. The second kappa shape index (κ2) is 6.12. The van der Waals surface area contributed by atoms with Crippen molar-refractivity contribution in [1.29, 1.82) is 0 Å². The molecule has 6 heteroatoms. The van der Waals surface area contributed by atoms with E-state index in [1.54, 1.807) is 25.4 Å². The first-order valence-electron chi connectivity index (χ1n) is 6.04. The number of hydrogen-bond acceptors (Lipinski definition) is 6. The molecule has 20 heavy (non-hydrogen) atoms. The molecule has 0 unspecified atom stereocenters. The molecule has 0 atom stereocenters. The van der Waals surface area contributed by atoms with Gasteiger partial charge in [0.1, 0.15) is 0 Å². The lowest BCUT2D eigenvalue weighted by Crippen LogP contribution is -2.13. The SMILES string of the molecule is COc1ccc(CNCc2ccc(O)c(O)c2O)cn1. The second-order valence-corrected chi connectivity index (χ2v) is 4.25. The summed E-state index contributed by atoms with van der Waals surface area (Å²) in [6.07, 6.45) is 1.69. The molecule has 2 aromatic rings. The average molecular weight is 276 g/mol. The maximum Gasteiger partial charge on any atom is 0.212 e. The quantitative estimate of drug-likeness (QED) is 0.618. The smallest absolute Gasteiger partial charge is 0.212 e. The summed E-state index contributed by atoms with van der Waals surface area (Å²) in [7, 11) is 1.56. The first-order chi connectivity index (χ1) is 9.61. The van der Waals surface area contributed by atoms with Gasteiger partial charge in [-0.3, -0.25) is 0 Å². The maximum absolute atomic E-state index is 9.67. The van der Waals surface area contributed by atoms with E-state index in [-0.39, 0.29) is 11.5 Å². The summed E-state index contributed by atoms with van der Waals surface area (Å²) < 4.78 is 4.97. The van der Waals surface area contributed by atoms with Gasteiger partial charge in [0.15, 0.2) is 11.5 Å². The Hall–Kier alpha value is -2.47. The first kappa shape index (κ1) is 14.0. The van der Waals surface area contributed by atoms with E-state index < -0.39 is 5.75 Å². The zero-order valence-electron chi connectivity index (χ0n) is 11.0. The van der Waals surface area contributed by atoms with Gasteiger partial charge in [0.2, 0.25) is 11.6 Å². The van der Waals surface area contributed by atoms with Crippen LogP contribution < -0.4 is 10.1 Å². The van der Waals surface area contributed by atoms with Crippen molar-refractivity contribution in [2.24, 2.45) is 0 Å². The van der Waals surface area contributed by atoms with Crippen molar-refractivity contribution in [2.75, 3.05) is 7.11 Å². The van der Waals surface area contributed by atoms with E-state index in [0.717, 1.165) is 5.56 Å². The molecule has 2 rings (SSSR count). The van der Waals surface area contributed by atoms with Crippen molar-refractivity contribution < 1.29 is 20.1 Å². The number of aromatic hydroxyl groups is 3. The lowest BCUT2D eigenvalue weighted by Gasteiger charge is -2.09. The fraction of sp³-hybridized carbons (Fsp3) is 0.214. The standard InChI is InChI=1S/C14H16N2O4/c1-20-12-5-2-9(7-16-12)6-15-8-10-3-4-11(17)14(19)13(10)18/h2-5,7,15,17-19H,6,8H2,1H3. The van der Waals surface area contributed by atoms with Crippen molar-refractivity contribution in [1.82, 2.24) is 10.3 Å². The zero-order chi connectivity index (χ0) is 14.5. The predicted molar refractivity (Wildman–Crippen MR) is 72.8 cm³/mol. The van der Waals surface area contributed by atoms with Crippen molar-refractivity contribution in [3.8, 4) is 23.1 Å². The van der Waals surface area contributed by atoms with Crippen LogP contribution in [0, 0.1) is 0 Å². The van der Waals surface area contributed by atoms with Gasteiger partial charge in [-0.2, -0.15) is 0 Å². The highest BCUT2D eigenvalue weighted by molar-refractivity contribution is 5.53. The first-order valence-corrected chi connectivity index (χ1v) is 6.04. The maximum atomic E-state index is 9.67. The average Bonchev–Trinajstić information content (AvgIpc) is 2.48. The van der Waals surface area contributed by atoms with E-state index in [1.165, 1.54) is 6.07 Å². The lowest BCUT2D eigenvalue weighted by atomic mass is 10.1. The number of aromatic nitrogens is 1. The second-order valence-electron chi connectivity index (χ2n) is 4.25. The van der Waals surface area contributed by atoms with Crippen LogP contribution in [0.3, 0.4) is 0 Å².